The van der Waals surface area contributed by atoms with E-state index in [9.17, 15) is 10.1 Å². The van der Waals surface area contributed by atoms with Crippen LogP contribution in [0.4, 0.5) is 11.5 Å². The topological polar surface area (TPSA) is 94.1 Å². The molecule has 1 rings (SSSR count). The van der Waals surface area contributed by atoms with Gasteiger partial charge in [0.2, 0.25) is 0 Å². The van der Waals surface area contributed by atoms with Crippen LogP contribution >= 0.6 is 11.8 Å². The van der Waals surface area contributed by atoms with Crippen LogP contribution in [0.1, 0.15) is 26.2 Å². The zero-order chi connectivity index (χ0) is 12.7. The standard InChI is InChI=1S/C10H16N4O2S/c1-2-3-4-7-17-10-8(14(15)16)5-6-9(12-10)13-11/h5-6H,2-4,7,11H2,1H3,(H,12,13). The van der Waals surface area contributed by atoms with Gasteiger partial charge in [-0.3, -0.25) is 10.1 Å². The number of nitrogen functional groups attached to an aromatic ring is 1. The lowest BCUT2D eigenvalue weighted by Gasteiger charge is -2.04. The van der Waals surface area contributed by atoms with Gasteiger partial charge in [-0.05, 0) is 18.2 Å². The van der Waals surface area contributed by atoms with Crippen molar-refractivity contribution in [3.05, 3.63) is 22.2 Å². The summed E-state index contributed by atoms with van der Waals surface area (Å²) >= 11 is 1.40. The summed E-state index contributed by atoms with van der Waals surface area (Å²) in [6, 6.07) is 2.92. The van der Waals surface area contributed by atoms with E-state index in [-0.39, 0.29) is 5.69 Å². The molecule has 0 aliphatic heterocycles. The zero-order valence-electron chi connectivity index (χ0n) is 9.68. The van der Waals surface area contributed by atoms with Crippen molar-refractivity contribution in [3.8, 4) is 0 Å². The molecule has 1 aromatic rings. The van der Waals surface area contributed by atoms with Gasteiger partial charge in [0, 0.05) is 6.07 Å². The van der Waals surface area contributed by atoms with Crippen LogP contribution in [0.5, 0.6) is 0 Å². The Morgan fingerprint density at radius 2 is 2.29 bits per heavy atom. The molecule has 17 heavy (non-hydrogen) atoms. The minimum atomic E-state index is -0.421. The SMILES string of the molecule is CCCCCSc1nc(NN)ccc1[N+](=O)[O-]. The summed E-state index contributed by atoms with van der Waals surface area (Å²) in [5, 5.41) is 11.2. The van der Waals surface area contributed by atoms with Crippen LogP contribution in [0.2, 0.25) is 0 Å². The number of rotatable bonds is 7. The molecule has 0 radical (unpaired) electrons. The molecule has 3 N–H and O–H groups in total. The van der Waals surface area contributed by atoms with Gasteiger partial charge in [-0.15, -0.1) is 0 Å². The van der Waals surface area contributed by atoms with Gasteiger partial charge in [0.1, 0.15) is 5.82 Å². The molecule has 0 amide bonds. The fourth-order valence-electron chi connectivity index (χ4n) is 1.28. The van der Waals surface area contributed by atoms with Crippen molar-refractivity contribution in [2.24, 2.45) is 5.84 Å². The van der Waals surface area contributed by atoms with Crippen LogP contribution in [0.15, 0.2) is 17.2 Å². The summed E-state index contributed by atoms with van der Waals surface area (Å²) in [7, 11) is 0. The third-order valence-electron chi connectivity index (χ3n) is 2.17. The molecule has 0 saturated carbocycles. The molecular formula is C10H16N4O2S. The summed E-state index contributed by atoms with van der Waals surface area (Å²) < 4.78 is 0. The Morgan fingerprint density at radius 3 is 2.88 bits per heavy atom. The van der Waals surface area contributed by atoms with Gasteiger partial charge in [0.05, 0.1) is 4.92 Å². The molecule has 0 aromatic carbocycles. The summed E-state index contributed by atoms with van der Waals surface area (Å²) in [6.45, 7) is 2.12. The Kier molecular flexibility index (Phi) is 5.71. The summed E-state index contributed by atoms with van der Waals surface area (Å²) in [4.78, 5) is 14.5. The van der Waals surface area contributed by atoms with Crippen LogP contribution in [0.3, 0.4) is 0 Å². The number of nitrogens with one attached hydrogen (secondary N) is 1. The van der Waals surface area contributed by atoms with E-state index in [0.29, 0.717) is 10.8 Å². The van der Waals surface area contributed by atoms with Gasteiger partial charge in [0.15, 0.2) is 5.03 Å². The number of hydrogen-bond donors (Lipinski definition) is 2. The van der Waals surface area contributed by atoms with Crippen LogP contribution in [-0.2, 0) is 0 Å². The first kappa shape index (κ1) is 13.7. The molecule has 0 spiro atoms. The first-order valence-electron chi connectivity index (χ1n) is 5.44. The quantitative estimate of drug-likeness (QED) is 0.256. The highest BCUT2D eigenvalue weighted by Crippen LogP contribution is 2.29. The number of thioether (sulfide) groups is 1. The van der Waals surface area contributed by atoms with Gasteiger partial charge >= 0.3 is 5.69 Å². The van der Waals surface area contributed by atoms with Gasteiger partial charge in [-0.2, -0.15) is 0 Å². The molecule has 1 aromatic heterocycles. The van der Waals surface area contributed by atoms with Gasteiger partial charge < -0.3 is 5.43 Å². The molecule has 1 heterocycles. The van der Waals surface area contributed by atoms with Gasteiger partial charge in [0.25, 0.3) is 0 Å². The van der Waals surface area contributed by atoms with Crippen molar-refractivity contribution >= 4 is 23.3 Å². The first-order valence-corrected chi connectivity index (χ1v) is 6.42. The van der Waals surface area contributed by atoms with E-state index in [1.165, 1.54) is 23.9 Å². The van der Waals surface area contributed by atoms with E-state index in [2.05, 4.69) is 17.3 Å². The highest BCUT2D eigenvalue weighted by atomic mass is 32.2. The lowest BCUT2D eigenvalue weighted by molar-refractivity contribution is -0.388. The lowest BCUT2D eigenvalue weighted by atomic mass is 10.3. The maximum atomic E-state index is 10.8. The number of unbranched alkanes of at least 4 members (excludes halogenated alkanes) is 2. The van der Waals surface area contributed by atoms with Crippen molar-refractivity contribution in [2.45, 2.75) is 31.2 Å². The Bertz CT molecular complexity index is 387. The number of hydrogen-bond acceptors (Lipinski definition) is 6. The van der Waals surface area contributed by atoms with E-state index in [1.54, 1.807) is 0 Å². The number of nitrogens with zero attached hydrogens (tertiary/aromatic N) is 2. The molecular weight excluding hydrogens is 240 g/mol. The van der Waals surface area contributed by atoms with Crippen molar-refractivity contribution in [1.29, 1.82) is 0 Å². The van der Waals surface area contributed by atoms with Crippen LogP contribution < -0.4 is 11.3 Å². The fourth-order valence-corrected chi connectivity index (χ4v) is 2.27. The van der Waals surface area contributed by atoms with Crippen LogP contribution in [0.25, 0.3) is 0 Å². The third kappa shape index (κ3) is 4.20. The number of pyridine rings is 1. The third-order valence-corrected chi connectivity index (χ3v) is 3.24. The Balaban J connectivity index is 2.75. The molecule has 0 fully saturated rings. The number of anilines is 1. The average molecular weight is 256 g/mol. The normalized spacial score (nSPS) is 10.2. The molecule has 0 unspecified atom stereocenters. The molecule has 0 atom stereocenters. The zero-order valence-corrected chi connectivity index (χ0v) is 10.5. The minimum Gasteiger partial charge on any atom is -0.308 e. The first-order chi connectivity index (χ1) is 8.19. The summed E-state index contributed by atoms with van der Waals surface area (Å²) in [5.74, 6) is 6.50. The Hall–Kier alpha value is -1.34. The molecule has 0 aliphatic carbocycles. The summed E-state index contributed by atoms with van der Waals surface area (Å²) in [6.07, 6.45) is 3.27. The summed E-state index contributed by atoms with van der Waals surface area (Å²) in [5.41, 5.74) is 2.42. The van der Waals surface area contributed by atoms with Gasteiger partial charge in [-0.1, -0.05) is 31.5 Å². The maximum absolute atomic E-state index is 10.8. The lowest BCUT2D eigenvalue weighted by Crippen LogP contribution is -2.09. The van der Waals surface area contributed by atoms with E-state index < -0.39 is 4.92 Å². The minimum absolute atomic E-state index is 0.0329. The molecule has 7 heteroatoms. The van der Waals surface area contributed by atoms with Crippen molar-refractivity contribution < 1.29 is 4.92 Å². The largest absolute Gasteiger partial charge is 0.308 e. The second-order valence-electron chi connectivity index (χ2n) is 3.48. The van der Waals surface area contributed by atoms with Crippen molar-refractivity contribution in [3.63, 3.8) is 0 Å². The number of nitro groups is 1. The van der Waals surface area contributed by atoms with E-state index >= 15 is 0 Å². The highest BCUT2D eigenvalue weighted by Gasteiger charge is 2.15. The molecule has 94 valence electrons. The maximum Gasteiger partial charge on any atom is 0.301 e. The molecule has 0 aliphatic rings. The predicted octanol–water partition coefficient (Wildman–Crippen LogP) is 2.56. The number of hydrazine groups is 1. The Morgan fingerprint density at radius 1 is 1.53 bits per heavy atom. The van der Waals surface area contributed by atoms with E-state index in [4.69, 9.17) is 5.84 Å². The Labute approximate surface area is 104 Å². The van der Waals surface area contributed by atoms with Crippen molar-refractivity contribution in [2.75, 3.05) is 11.2 Å². The predicted molar refractivity (Wildman–Crippen MR) is 69.0 cm³/mol. The van der Waals surface area contributed by atoms with E-state index in [1.807, 2.05) is 0 Å². The second kappa shape index (κ2) is 7.08. The number of aromatic nitrogens is 1. The molecule has 0 saturated heterocycles. The molecule has 0 bridgehead atoms. The van der Waals surface area contributed by atoms with E-state index in [0.717, 1.165) is 25.0 Å². The highest BCUT2D eigenvalue weighted by molar-refractivity contribution is 7.99. The van der Waals surface area contributed by atoms with Crippen LogP contribution in [-0.4, -0.2) is 15.7 Å². The van der Waals surface area contributed by atoms with Crippen molar-refractivity contribution in [1.82, 2.24) is 4.98 Å². The average Bonchev–Trinajstić information content (AvgIpc) is 2.34. The van der Waals surface area contributed by atoms with Gasteiger partial charge in [-0.25, -0.2) is 10.8 Å². The monoisotopic (exact) mass is 256 g/mol. The fraction of sp³-hybridized carbons (Fsp3) is 0.500. The molecule has 6 nitrogen and oxygen atoms in total. The number of nitrogens with two attached hydrogens (primary N) is 1. The smallest absolute Gasteiger partial charge is 0.301 e. The van der Waals surface area contributed by atoms with Crippen LogP contribution in [0, 0.1) is 10.1 Å². The second-order valence-corrected chi connectivity index (χ2v) is 4.56.